The van der Waals surface area contributed by atoms with E-state index in [9.17, 15) is 19.7 Å². The van der Waals surface area contributed by atoms with E-state index in [2.05, 4.69) is 10.6 Å². The van der Waals surface area contributed by atoms with Crippen molar-refractivity contribution >= 4 is 39.6 Å². The van der Waals surface area contributed by atoms with Crippen molar-refractivity contribution in [3.63, 3.8) is 0 Å². The molecule has 33 heavy (non-hydrogen) atoms. The third-order valence-electron chi connectivity index (χ3n) is 5.08. The van der Waals surface area contributed by atoms with Gasteiger partial charge in [0, 0.05) is 34.0 Å². The molecule has 0 spiro atoms. The molecule has 2 amide bonds. The molecule has 0 aliphatic carbocycles. The molecule has 4 aromatic carbocycles. The molecule has 0 aliphatic heterocycles. The van der Waals surface area contributed by atoms with Gasteiger partial charge in [0.2, 0.25) is 0 Å². The predicted molar refractivity (Wildman–Crippen MR) is 126 cm³/mol. The van der Waals surface area contributed by atoms with E-state index < -0.39 is 10.8 Å². The van der Waals surface area contributed by atoms with E-state index in [4.69, 9.17) is 4.74 Å². The molecular weight excluding hydrogens is 422 g/mol. The molecule has 4 aromatic rings. The van der Waals surface area contributed by atoms with Crippen LogP contribution in [0, 0.1) is 10.1 Å². The summed E-state index contributed by atoms with van der Waals surface area (Å²) in [4.78, 5) is 35.8. The second kappa shape index (κ2) is 9.19. The summed E-state index contributed by atoms with van der Waals surface area (Å²) in [5.74, 6) is -0.734. The van der Waals surface area contributed by atoms with E-state index in [0.717, 1.165) is 16.8 Å². The molecule has 8 nitrogen and oxygen atoms in total. The zero-order valence-electron chi connectivity index (χ0n) is 17.6. The Bertz CT molecular complexity index is 1360. The first-order chi connectivity index (χ1) is 16.0. The molecule has 0 radical (unpaired) electrons. The number of ether oxygens (including phenoxy) is 1. The van der Waals surface area contributed by atoms with Crippen LogP contribution in [0.15, 0.2) is 84.9 Å². The summed E-state index contributed by atoms with van der Waals surface area (Å²) in [5, 5.41) is 18.7. The number of methoxy groups -OCH3 is 1. The van der Waals surface area contributed by atoms with Gasteiger partial charge in [-0.25, -0.2) is 0 Å². The minimum Gasteiger partial charge on any atom is -0.490 e. The molecule has 8 heteroatoms. The second-order valence-electron chi connectivity index (χ2n) is 7.16. The van der Waals surface area contributed by atoms with Crippen molar-refractivity contribution in [1.29, 1.82) is 0 Å². The number of nitrogens with one attached hydrogen (secondary N) is 2. The zero-order valence-corrected chi connectivity index (χ0v) is 17.6. The minimum atomic E-state index is -0.612. The number of hydrogen-bond acceptors (Lipinski definition) is 5. The number of fused-ring (bicyclic) bond motifs is 1. The summed E-state index contributed by atoms with van der Waals surface area (Å²) in [6, 6.07) is 23.8. The van der Waals surface area contributed by atoms with Crippen LogP contribution in [-0.2, 0) is 0 Å². The Morgan fingerprint density at radius 2 is 1.48 bits per heavy atom. The highest BCUT2D eigenvalue weighted by atomic mass is 16.6. The fraction of sp³-hybridized carbons (Fsp3) is 0.0400. The van der Waals surface area contributed by atoms with E-state index in [0.29, 0.717) is 16.9 Å². The van der Waals surface area contributed by atoms with Crippen LogP contribution in [0.1, 0.15) is 20.7 Å². The Morgan fingerprint density at radius 3 is 2.21 bits per heavy atom. The summed E-state index contributed by atoms with van der Waals surface area (Å²) in [6.45, 7) is 0. The topological polar surface area (TPSA) is 111 Å². The molecule has 0 unspecified atom stereocenters. The van der Waals surface area contributed by atoms with Gasteiger partial charge in [-0.2, -0.15) is 0 Å². The monoisotopic (exact) mass is 441 g/mol. The van der Waals surface area contributed by atoms with Crippen LogP contribution < -0.4 is 15.4 Å². The van der Waals surface area contributed by atoms with Crippen LogP contribution in [0.25, 0.3) is 10.8 Å². The van der Waals surface area contributed by atoms with Crippen LogP contribution >= 0.6 is 0 Å². The summed E-state index contributed by atoms with van der Waals surface area (Å²) < 4.78 is 4.95. The van der Waals surface area contributed by atoms with Gasteiger partial charge >= 0.3 is 5.69 Å². The highest BCUT2D eigenvalue weighted by Crippen LogP contribution is 2.28. The van der Waals surface area contributed by atoms with E-state index in [1.54, 1.807) is 24.3 Å². The van der Waals surface area contributed by atoms with Crippen LogP contribution in [0.2, 0.25) is 0 Å². The van der Waals surface area contributed by atoms with Crippen molar-refractivity contribution in [2.45, 2.75) is 0 Å². The molecule has 4 rings (SSSR count). The van der Waals surface area contributed by atoms with Crippen molar-refractivity contribution < 1.29 is 19.2 Å². The van der Waals surface area contributed by atoms with Crippen LogP contribution in [-0.4, -0.2) is 23.8 Å². The van der Waals surface area contributed by atoms with Gasteiger partial charge in [-0.15, -0.1) is 0 Å². The van der Waals surface area contributed by atoms with Gasteiger partial charge in [0.1, 0.15) is 0 Å². The normalized spacial score (nSPS) is 10.5. The average Bonchev–Trinajstić information content (AvgIpc) is 2.84. The van der Waals surface area contributed by atoms with Crippen molar-refractivity contribution in [2.24, 2.45) is 0 Å². The highest BCUT2D eigenvalue weighted by molar-refractivity contribution is 6.09. The largest absolute Gasteiger partial charge is 0.490 e. The van der Waals surface area contributed by atoms with E-state index in [1.807, 2.05) is 42.5 Å². The third-order valence-corrected chi connectivity index (χ3v) is 5.08. The third kappa shape index (κ3) is 4.64. The smallest absolute Gasteiger partial charge is 0.311 e. The first-order valence-electron chi connectivity index (χ1n) is 9.99. The van der Waals surface area contributed by atoms with Crippen LogP contribution in [0.3, 0.4) is 0 Å². The van der Waals surface area contributed by atoms with Crippen molar-refractivity contribution in [2.75, 3.05) is 17.7 Å². The summed E-state index contributed by atoms with van der Waals surface area (Å²) in [6.07, 6.45) is 0. The van der Waals surface area contributed by atoms with Crippen molar-refractivity contribution in [3.8, 4) is 5.75 Å². The van der Waals surface area contributed by atoms with Gasteiger partial charge in [0.05, 0.1) is 12.0 Å². The number of amides is 2. The Morgan fingerprint density at radius 1 is 0.818 bits per heavy atom. The number of nitrogens with zero attached hydrogens (tertiary/aromatic N) is 1. The minimum absolute atomic E-state index is 0.0677. The Hall–Kier alpha value is -4.72. The molecule has 0 aliphatic rings. The Labute approximate surface area is 189 Å². The molecule has 0 heterocycles. The van der Waals surface area contributed by atoms with E-state index in [-0.39, 0.29) is 22.9 Å². The van der Waals surface area contributed by atoms with E-state index in [1.165, 1.54) is 19.2 Å². The summed E-state index contributed by atoms with van der Waals surface area (Å²) >= 11 is 0. The average molecular weight is 441 g/mol. The molecule has 0 saturated carbocycles. The molecule has 0 saturated heterocycles. The number of carbonyl (C=O) groups excluding carboxylic acids is 2. The second-order valence-corrected chi connectivity index (χ2v) is 7.16. The number of carbonyl (C=O) groups is 2. The highest BCUT2D eigenvalue weighted by Gasteiger charge is 2.18. The van der Waals surface area contributed by atoms with Crippen molar-refractivity contribution in [3.05, 3.63) is 106 Å². The number of nitro benzene ring substituents is 1. The summed E-state index contributed by atoms with van der Waals surface area (Å²) in [5.41, 5.74) is 1.38. The zero-order chi connectivity index (χ0) is 23.4. The van der Waals surface area contributed by atoms with Gasteiger partial charge in [0.15, 0.2) is 5.75 Å². The Kier molecular flexibility index (Phi) is 5.99. The molecule has 0 fully saturated rings. The number of anilines is 2. The molecule has 0 atom stereocenters. The lowest BCUT2D eigenvalue weighted by atomic mass is 10.1. The molecule has 0 aromatic heterocycles. The number of rotatable bonds is 6. The number of benzene rings is 4. The van der Waals surface area contributed by atoms with Gasteiger partial charge in [-0.3, -0.25) is 19.7 Å². The van der Waals surface area contributed by atoms with Gasteiger partial charge in [0.25, 0.3) is 11.8 Å². The fourth-order valence-electron chi connectivity index (χ4n) is 3.41. The van der Waals surface area contributed by atoms with Crippen LogP contribution in [0.4, 0.5) is 17.1 Å². The molecular formula is C25H19N3O5. The molecule has 2 N–H and O–H groups in total. The van der Waals surface area contributed by atoms with Gasteiger partial charge in [-0.05, 0) is 47.9 Å². The maximum Gasteiger partial charge on any atom is 0.311 e. The quantitative estimate of drug-likeness (QED) is 0.313. The summed E-state index contributed by atoms with van der Waals surface area (Å²) in [7, 11) is 1.32. The number of hydrogen-bond donors (Lipinski definition) is 2. The lowest BCUT2D eigenvalue weighted by Crippen LogP contribution is -2.14. The maximum atomic E-state index is 12.7. The molecule has 0 bridgehead atoms. The lowest BCUT2D eigenvalue weighted by Gasteiger charge is -2.10. The maximum absolute atomic E-state index is 12.7. The SMILES string of the molecule is COc1ccc(C(=O)Nc2ccc(C(=O)Nc3cccc4ccccc34)cc2)cc1[N+](=O)[O-]. The van der Waals surface area contributed by atoms with Gasteiger partial charge in [-0.1, -0.05) is 36.4 Å². The predicted octanol–water partition coefficient (Wildman–Crippen LogP) is 5.26. The lowest BCUT2D eigenvalue weighted by molar-refractivity contribution is -0.385. The standard InChI is InChI=1S/C25H19N3O5/c1-33-23-14-11-18(15-22(23)28(31)32)25(30)26-19-12-9-17(10-13-19)24(29)27-21-8-4-6-16-5-2-3-7-20(16)21/h2-15H,1H3,(H,26,30)(H,27,29). The fourth-order valence-corrected chi connectivity index (χ4v) is 3.41. The van der Waals surface area contributed by atoms with Crippen molar-refractivity contribution in [1.82, 2.24) is 0 Å². The van der Waals surface area contributed by atoms with E-state index >= 15 is 0 Å². The van der Waals surface area contributed by atoms with Gasteiger partial charge < -0.3 is 15.4 Å². The first kappa shape index (κ1) is 21.5. The molecule has 164 valence electrons. The van der Waals surface area contributed by atoms with Crippen LogP contribution in [0.5, 0.6) is 5.75 Å². The Balaban J connectivity index is 1.47. The first-order valence-corrected chi connectivity index (χ1v) is 9.99. The number of nitro groups is 1.